The highest BCUT2D eigenvalue weighted by Gasteiger charge is 2.57. The van der Waals surface area contributed by atoms with Gasteiger partial charge in [-0.05, 0) is 55.3 Å². The Kier molecular flexibility index (Phi) is 1.71. The van der Waals surface area contributed by atoms with Crippen molar-refractivity contribution in [1.82, 2.24) is 0 Å². The Balaban J connectivity index is 1.73. The van der Waals surface area contributed by atoms with Crippen molar-refractivity contribution in [3.63, 3.8) is 0 Å². The summed E-state index contributed by atoms with van der Waals surface area (Å²) in [4.78, 5) is 10.8. The number of carboxylic acid groups (broad SMARTS) is 1. The predicted molar refractivity (Wildman–Crippen MR) is 52.9 cm³/mol. The molecule has 0 spiro atoms. The van der Waals surface area contributed by atoms with Gasteiger partial charge >= 0.3 is 5.97 Å². The van der Waals surface area contributed by atoms with Crippen LogP contribution in [0.15, 0.2) is 0 Å². The van der Waals surface area contributed by atoms with Crippen LogP contribution in [0.1, 0.15) is 44.9 Å². The second-order valence-electron chi connectivity index (χ2n) is 5.71. The number of hydrogen-bond acceptors (Lipinski definition) is 1. The van der Waals surface area contributed by atoms with E-state index in [2.05, 4.69) is 0 Å². The van der Waals surface area contributed by atoms with Crippen LogP contribution in [0.4, 0.5) is 0 Å². The smallest absolute Gasteiger partial charge is 0.303 e. The number of rotatable bonds is 3. The van der Waals surface area contributed by atoms with Crippen LogP contribution < -0.4 is 0 Å². The van der Waals surface area contributed by atoms with Gasteiger partial charge in [-0.1, -0.05) is 6.42 Å². The van der Waals surface area contributed by atoms with E-state index in [0.29, 0.717) is 6.42 Å². The molecule has 2 nitrogen and oxygen atoms in total. The molecular weight excluding hydrogens is 176 g/mol. The summed E-state index contributed by atoms with van der Waals surface area (Å²) in [7, 11) is 0. The van der Waals surface area contributed by atoms with Crippen molar-refractivity contribution >= 4 is 5.97 Å². The van der Waals surface area contributed by atoms with Crippen molar-refractivity contribution in [2.75, 3.05) is 0 Å². The average Bonchev–Trinajstić information content (AvgIpc) is 2.62. The molecule has 0 aromatic rings. The maximum atomic E-state index is 10.8. The minimum atomic E-state index is -0.578. The molecule has 3 fully saturated rings. The molecule has 3 aliphatic carbocycles. The normalized spacial score (nSPS) is 42.7. The van der Waals surface area contributed by atoms with Gasteiger partial charge in [-0.25, -0.2) is 0 Å². The zero-order valence-corrected chi connectivity index (χ0v) is 8.54. The van der Waals surface area contributed by atoms with Crippen molar-refractivity contribution in [1.29, 1.82) is 0 Å². The van der Waals surface area contributed by atoms with E-state index in [4.69, 9.17) is 5.11 Å². The number of fused-ring (bicyclic) bond motifs is 2. The number of carboxylic acids is 1. The molecular formula is C12H18O2. The summed E-state index contributed by atoms with van der Waals surface area (Å²) in [6, 6.07) is 0. The van der Waals surface area contributed by atoms with Crippen LogP contribution in [0.5, 0.6) is 0 Å². The molecule has 0 aromatic heterocycles. The Morgan fingerprint density at radius 3 is 2.50 bits per heavy atom. The fraction of sp³-hybridized carbons (Fsp3) is 0.917. The lowest BCUT2D eigenvalue weighted by atomic mass is 9.75. The summed E-state index contributed by atoms with van der Waals surface area (Å²) in [5.41, 5.74) is 0.256. The first-order valence-electron chi connectivity index (χ1n) is 5.91. The standard InChI is InChI=1S/C12H18O2/c13-11(14)7-12(3-4-12)10-6-8-1-2-9(10)5-8/h8-10H,1-7H2,(H,13,14). The van der Waals surface area contributed by atoms with Crippen molar-refractivity contribution < 1.29 is 9.90 Å². The Hall–Kier alpha value is -0.530. The minimum absolute atomic E-state index is 0.256. The van der Waals surface area contributed by atoms with Crippen LogP contribution in [-0.2, 0) is 4.79 Å². The summed E-state index contributed by atoms with van der Waals surface area (Å²) in [5, 5.41) is 8.92. The maximum Gasteiger partial charge on any atom is 0.303 e. The van der Waals surface area contributed by atoms with Crippen molar-refractivity contribution in [3.8, 4) is 0 Å². The van der Waals surface area contributed by atoms with Gasteiger partial charge in [0.05, 0.1) is 6.42 Å². The number of hydrogen-bond donors (Lipinski definition) is 1. The molecule has 3 unspecified atom stereocenters. The monoisotopic (exact) mass is 194 g/mol. The second-order valence-corrected chi connectivity index (χ2v) is 5.71. The van der Waals surface area contributed by atoms with Crippen LogP contribution in [0.25, 0.3) is 0 Å². The minimum Gasteiger partial charge on any atom is -0.481 e. The Morgan fingerprint density at radius 2 is 2.07 bits per heavy atom. The fourth-order valence-electron chi connectivity index (χ4n) is 4.14. The van der Waals surface area contributed by atoms with Gasteiger partial charge in [0.25, 0.3) is 0 Å². The van der Waals surface area contributed by atoms with Gasteiger partial charge in [-0.3, -0.25) is 4.79 Å². The summed E-state index contributed by atoms with van der Waals surface area (Å²) < 4.78 is 0. The SMILES string of the molecule is O=C(O)CC1(C2CC3CCC2C3)CC1. The van der Waals surface area contributed by atoms with Gasteiger partial charge in [0, 0.05) is 0 Å². The van der Waals surface area contributed by atoms with Crippen LogP contribution in [-0.4, -0.2) is 11.1 Å². The van der Waals surface area contributed by atoms with E-state index in [-0.39, 0.29) is 5.41 Å². The third-order valence-corrected chi connectivity index (χ3v) is 4.92. The van der Waals surface area contributed by atoms with E-state index in [1.165, 1.54) is 38.5 Å². The molecule has 0 saturated heterocycles. The summed E-state index contributed by atoms with van der Waals surface area (Å²) in [6.07, 6.45) is 8.38. The molecule has 2 bridgehead atoms. The highest BCUT2D eigenvalue weighted by Crippen LogP contribution is 2.65. The maximum absolute atomic E-state index is 10.8. The Bertz CT molecular complexity index is 267. The van der Waals surface area contributed by atoms with E-state index < -0.39 is 5.97 Å². The summed E-state index contributed by atoms with van der Waals surface area (Å²) in [5.74, 6) is 2.04. The van der Waals surface area contributed by atoms with Crippen molar-refractivity contribution in [3.05, 3.63) is 0 Å². The van der Waals surface area contributed by atoms with E-state index in [1.807, 2.05) is 0 Å². The third-order valence-electron chi connectivity index (χ3n) is 4.92. The second kappa shape index (κ2) is 2.74. The molecule has 3 atom stereocenters. The average molecular weight is 194 g/mol. The summed E-state index contributed by atoms with van der Waals surface area (Å²) in [6.45, 7) is 0. The van der Waals surface area contributed by atoms with Crippen molar-refractivity contribution in [2.45, 2.75) is 44.9 Å². The topological polar surface area (TPSA) is 37.3 Å². The predicted octanol–water partition coefficient (Wildman–Crippen LogP) is 2.68. The molecule has 2 heteroatoms. The molecule has 1 N–H and O–H groups in total. The highest BCUT2D eigenvalue weighted by atomic mass is 16.4. The summed E-state index contributed by atoms with van der Waals surface area (Å²) >= 11 is 0. The van der Waals surface area contributed by atoms with Crippen LogP contribution in [0.3, 0.4) is 0 Å². The van der Waals surface area contributed by atoms with Crippen molar-refractivity contribution in [2.24, 2.45) is 23.2 Å². The zero-order valence-electron chi connectivity index (χ0n) is 8.54. The first-order chi connectivity index (χ1) is 6.70. The molecule has 0 heterocycles. The quantitative estimate of drug-likeness (QED) is 0.750. The van der Waals surface area contributed by atoms with Crippen LogP contribution in [0, 0.1) is 23.2 Å². The largest absolute Gasteiger partial charge is 0.481 e. The molecule has 0 radical (unpaired) electrons. The van der Waals surface area contributed by atoms with Gasteiger partial charge in [0.2, 0.25) is 0 Å². The number of aliphatic carboxylic acids is 1. The van der Waals surface area contributed by atoms with E-state index in [9.17, 15) is 4.79 Å². The Labute approximate surface area is 84.7 Å². The molecule has 14 heavy (non-hydrogen) atoms. The molecule has 0 amide bonds. The first kappa shape index (κ1) is 8.75. The first-order valence-corrected chi connectivity index (χ1v) is 5.91. The zero-order chi connectivity index (χ0) is 9.76. The van der Waals surface area contributed by atoms with E-state index in [1.54, 1.807) is 0 Å². The van der Waals surface area contributed by atoms with Gasteiger partial charge in [-0.2, -0.15) is 0 Å². The van der Waals surface area contributed by atoms with E-state index in [0.717, 1.165) is 17.8 Å². The Morgan fingerprint density at radius 1 is 1.29 bits per heavy atom. The number of carbonyl (C=O) groups is 1. The molecule has 3 saturated carbocycles. The van der Waals surface area contributed by atoms with Gasteiger partial charge in [0.15, 0.2) is 0 Å². The van der Waals surface area contributed by atoms with E-state index >= 15 is 0 Å². The van der Waals surface area contributed by atoms with Crippen LogP contribution >= 0.6 is 0 Å². The molecule has 78 valence electrons. The molecule has 0 aliphatic heterocycles. The van der Waals surface area contributed by atoms with Gasteiger partial charge in [-0.15, -0.1) is 0 Å². The van der Waals surface area contributed by atoms with Crippen LogP contribution in [0.2, 0.25) is 0 Å². The molecule has 0 aromatic carbocycles. The van der Waals surface area contributed by atoms with Gasteiger partial charge < -0.3 is 5.11 Å². The fourth-order valence-corrected chi connectivity index (χ4v) is 4.14. The lowest BCUT2D eigenvalue weighted by Gasteiger charge is -2.29. The lowest BCUT2D eigenvalue weighted by molar-refractivity contribution is -0.139. The molecule has 3 aliphatic rings. The lowest BCUT2D eigenvalue weighted by Crippen LogP contribution is -2.24. The third kappa shape index (κ3) is 1.19. The van der Waals surface area contributed by atoms with Gasteiger partial charge in [0.1, 0.15) is 0 Å². The molecule has 3 rings (SSSR count). The highest BCUT2D eigenvalue weighted by molar-refractivity contribution is 5.68.